The number of hydrogen-bond acceptors (Lipinski definition) is 6. The van der Waals surface area contributed by atoms with Gasteiger partial charge in [-0.25, -0.2) is 18.7 Å². The highest BCUT2D eigenvalue weighted by molar-refractivity contribution is 6.17. The molecule has 0 saturated heterocycles. The summed E-state index contributed by atoms with van der Waals surface area (Å²) < 4.78 is 34.0. The van der Waals surface area contributed by atoms with Crippen molar-refractivity contribution >= 4 is 45.7 Å². The molecule has 1 amide bonds. The fraction of sp³-hybridized carbons (Fsp3) is 0.182. The molecule has 33 heavy (non-hydrogen) atoms. The van der Waals surface area contributed by atoms with Crippen molar-refractivity contribution < 1.29 is 18.3 Å². The van der Waals surface area contributed by atoms with Gasteiger partial charge in [0.15, 0.2) is 17.5 Å². The molecular formula is C22H19ClF2N6O2. The Balaban J connectivity index is 1.42. The maximum Gasteiger partial charge on any atom is 0.246 e. The van der Waals surface area contributed by atoms with Gasteiger partial charge in [-0.1, -0.05) is 6.07 Å². The normalized spacial score (nSPS) is 10.9. The lowest BCUT2D eigenvalue weighted by Crippen LogP contribution is -2.20. The SMILES string of the molecule is O=C(Cn1ccc(Nc2ncnc3cc(OCCCCl)ccc23)n1)Nc1cccc(F)c1F. The van der Waals surface area contributed by atoms with Crippen molar-refractivity contribution in [1.29, 1.82) is 0 Å². The number of anilines is 3. The molecule has 4 rings (SSSR count). The van der Waals surface area contributed by atoms with Crippen LogP contribution < -0.4 is 15.4 Å². The van der Waals surface area contributed by atoms with E-state index in [0.29, 0.717) is 35.4 Å². The zero-order valence-electron chi connectivity index (χ0n) is 17.3. The van der Waals surface area contributed by atoms with E-state index in [4.69, 9.17) is 16.3 Å². The van der Waals surface area contributed by atoms with Crippen molar-refractivity contribution in [1.82, 2.24) is 19.7 Å². The Morgan fingerprint density at radius 1 is 1.15 bits per heavy atom. The molecule has 8 nitrogen and oxygen atoms in total. The number of nitrogens with one attached hydrogen (secondary N) is 2. The Morgan fingerprint density at radius 3 is 2.88 bits per heavy atom. The smallest absolute Gasteiger partial charge is 0.246 e. The summed E-state index contributed by atoms with van der Waals surface area (Å²) in [5.74, 6) is -0.516. The molecule has 2 heterocycles. The molecule has 0 aliphatic heterocycles. The van der Waals surface area contributed by atoms with E-state index >= 15 is 0 Å². The van der Waals surface area contributed by atoms with E-state index in [1.165, 1.54) is 23.1 Å². The summed E-state index contributed by atoms with van der Waals surface area (Å²) in [6, 6.07) is 10.7. The Bertz CT molecular complexity index is 1280. The van der Waals surface area contributed by atoms with Crippen LogP contribution in [0.5, 0.6) is 5.75 Å². The molecule has 0 saturated carbocycles. The molecule has 2 aromatic heterocycles. The summed E-state index contributed by atoms with van der Waals surface area (Å²) in [6.45, 7) is 0.327. The zero-order valence-corrected chi connectivity index (χ0v) is 18.0. The molecule has 0 atom stereocenters. The van der Waals surface area contributed by atoms with Gasteiger partial charge in [0.05, 0.1) is 17.8 Å². The largest absolute Gasteiger partial charge is 0.493 e. The summed E-state index contributed by atoms with van der Waals surface area (Å²) >= 11 is 5.67. The van der Waals surface area contributed by atoms with E-state index in [1.807, 2.05) is 18.2 Å². The van der Waals surface area contributed by atoms with Gasteiger partial charge in [-0.3, -0.25) is 9.48 Å². The maximum absolute atomic E-state index is 13.7. The van der Waals surface area contributed by atoms with Crippen LogP contribution in [0.2, 0.25) is 0 Å². The van der Waals surface area contributed by atoms with Gasteiger partial charge in [-0.2, -0.15) is 5.10 Å². The molecule has 2 aromatic carbocycles. The summed E-state index contributed by atoms with van der Waals surface area (Å²) in [6.07, 6.45) is 3.75. The molecule has 4 aromatic rings. The number of hydrogen-bond donors (Lipinski definition) is 2. The Labute approximate surface area is 192 Å². The van der Waals surface area contributed by atoms with Crippen molar-refractivity contribution in [3.8, 4) is 5.75 Å². The lowest BCUT2D eigenvalue weighted by atomic mass is 10.2. The van der Waals surface area contributed by atoms with E-state index < -0.39 is 17.5 Å². The maximum atomic E-state index is 13.7. The van der Waals surface area contributed by atoms with E-state index in [2.05, 4.69) is 25.7 Å². The van der Waals surface area contributed by atoms with E-state index in [-0.39, 0.29) is 12.2 Å². The average molecular weight is 473 g/mol. The zero-order chi connectivity index (χ0) is 23.2. The van der Waals surface area contributed by atoms with Crippen LogP contribution in [0.15, 0.2) is 55.0 Å². The average Bonchev–Trinajstić information content (AvgIpc) is 3.23. The molecule has 0 bridgehead atoms. The molecule has 0 unspecified atom stereocenters. The van der Waals surface area contributed by atoms with Crippen molar-refractivity contribution in [3.63, 3.8) is 0 Å². The van der Waals surface area contributed by atoms with Crippen LogP contribution in [0.3, 0.4) is 0 Å². The number of benzene rings is 2. The number of amides is 1. The third-order valence-corrected chi connectivity index (χ3v) is 4.84. The number of carbonyl (C=O) groups is 1. The Hall–Kier alpha value is -3.79. The van der Waals surface area contributed by atoms with Gasteiger partial charge in [-0.05, 0) is 30.7 Å². The predicted molar refractivity (Wildman–Crippen MR) is 121 cm³/mol. The van der Waals surface area contributed by atoms with E-state index in [9.17, 15) is 13.6 Å². The third kappa shape index (κ3) is 5.53. The second-order valence-electron chi connectivity index (χ2n) is 6.97. The van der Waals surface area contributed by atoms with Crippen LogP contribution in [-0.2, 0) is 11.3 Å². The molecule has 0 aliphatic carbocycles. The first-order chi connectivity index (χ1) is 16.0. The molecule has 170 valence electrons. The van der Waals surface area contributed by atoms with Gasteiger partial charge in [0.1, 0.15) is 24.4 Å². The Kier molecular flexibility index (Phi) is 6.94. The highest BCUT2D eigenvalue weighted by atomic mass is 35.5. The van der Waals surface area contributed by atoms with Gasteiger partial charge in [0.2, 0.25) is 5.91 Å². The predicted octanol–water partition coefficient (Wildman–Crippen LogP) is 4.49. The monoisotopic (exact) mass is 472 g/mol. The number of nitrogens with zero attached hydrogens (tertiary/aromatic N) is 4. The van der Waals surface area contributed by atoms with Gasteiger partial charge < -0.3 is 15.4 Å². The standard InChI is InChI=1S/C22H19ClF2N6O2/c23-8-2-10-33-14-5-6-15-18(11-14)26-13-27-22(15)29-19-7-9-31(30-19)12-20(32)28-17-4-1-3-16(24)21(17)25/h1,3-7,9,11,13H,2,8,10,12H2,(H,28,32)(H,26,27,29,30). The number of carbonyl (C=O) groups excluding carboxylic acids is 1. The van der Waals surface area contributed by atoms with Crippen LogP contribution in [-0.4, -0.2) is 38.1 Å². The fourth-order valence-electron chi connectivity index (χ4n) is 3.05. The van der Waals surface area contributed by atoms with E-state index in [0.717, 1.165) is 17.9 Å². The Morgan fingerprint density at radius 2 is 2.03 bits per heavy atom. The minimum Gasteiger partial charge on any atom is -0.493 e. The number of fused-ring (bicyclic) bond motifs is 1. The van der Waals surface area contributed by atoms with Crippen molar-refractivity contribution in [2.24, 2.45) is 0 Å². The molecule has 0 fully saturated rings. The van der Waals surface area contributed by atoms with Crippen LogP contribution in [0.1, 0.15) is 6.42 Å². The van der Waals surface area contributed by atoms with Crippen LogP contribution in [0, 0.1) is 11.6 Å². The number of ether oxygens (including phenoxy) is 1. The second kappa shape index (κ2) is 10.2. The first-order valence-electron chi connectivity index (χ1n) is 10.0. The molecule has 2 N–H and O–H groups in total. The van der Waals surface area contributed by atoms with Gasteiger partial charge in [-0.15, -0.1) is 11.6 Å². The number of alkyl halides is 1. The number of rotatable bonds is 9. The van der Waals surface area contributed by atoms with Gasteiger partial charge >= 0.3 is 0 Å². The molecule has 0 aliphatic rings. The lowest BCUT2D eigenvalue weighted by molar-refractivity contribution is -0.116. The van der Waals surface area contributed by atoms with Gasteiger partial charge in [0, 0.05) is 29.6 Å². The highest BCUT2D eigenvalue weighted by Crippen LogP contribution is 2.26. The minimum atomic E-state index is -1.11. The molecule has 11 heteroatoms. The summed E-state index contributed by atoms with van der Waals surface area (Å²) in [4.78, 5) is 20.7. The van der Waals surface area contributed by atoms with Crippen LogP contribution in [0.4, 0.5) is 26.1 Å². The van der Waals surface area contributed by atoms with E-state index in [1.54, 1.807) is 12.3 Å². The lowest BCUT2D eigenvalue weighted by Gasteiger charge is -2.09. The van der Waals surface area contributed by atoms with Crippen molar-refractivity contribution in [2.45, 2.75) is 13.0 Å². The quantitative estimate of drug-likeness (QED) is 0.275. The number of aromatic nitrogens is 4. The van der Waals surface area contributed by atoms with Crippen LogP contribution in [0.25, 0.3) is 10.9 Å². The molecular weight excluding hydrogens is 454 g/mol. The first kappa shape index (κ1) is 22.4. The van der Waals surface area contributed by atoms with Crippen LogP contribution >= 0.6 is 11.6 Å². The third-order valence-electron chi connectivity index (χ3n) is 4.57. The van der Waals surface area contributed by atoms with Crippen molar-refractivity contribution in [2.75, 3.05) is 23.1 Å². The highest BCUT2D eigenvalue weighted by Gasteiger charge is 2.12. The molecule has 0 spiro atoms. The summed E-state index contributed by atoms with van der Waals surface area (Å²) in [7, 11) is 0. The number of halogens is 3. The summed E-state index contributed by atoms with van der Waals surface area (Å²) in [5.41, 5.74) is 0.454. The minimum absolute atomic E-state index is 0.189. The van der Waals surface area contributed by atoms with Crippen molar-refractivity contribution in [3.05, 3.63) is 66.6 Å². The molecule has 0 radical (unpaired) electrons. The fourth-order valence-corrected chi connectivity index (χ4v) is 3.15. The topological polar surface area (TPSA) is 94.0 Å². The van der Waals surface area contributed by atoms with Gasteiger partial charge in [0.25, 0.3) is 0 Å². The first-order valence-corrected chi connectivity index (χ1v) is 10.5. The second-order valence-corrected chi connectivity index (χ2v) is 7.34. The summed E-state index contributed by atoms with van der Waals surface area (Å²) in [5, 5.41) is 10.5.